The summed E-state index contributed by atoms with van der Waals surface area (Å²) < 4.78 is 11.1. The summed E-state index contributed by atoms with van der Waals surface area (Å²) in [6.07, 6.45) is 1.34. The number of amides is 4. The standard InChI is InChI=1S/C18H23N3O5/c1-11(2)8-13-17(23)21(18(24)20-13)10-16(22)19-12-4-5-14-15(9-12)26-7-3-6-25-14/h4-5,9,11,13H,3,6-8,10H2,1-2H3,(H,19,22)(H,20,24)/t13-/m0/s1. The second-order valence-corrected chi connectivity index (χ2v) is 6.82. The second kappa shape index (κ2) is 7.63. The molecule has 0 saturated carbocycles. The van der Waals surface area contributed by atoms with Crippen LogP contribution in [-0.2, 0) is 9.59 Å². The molecule has 1 saturated heterocycles. The number of carbonyl (C=O) groups excluding carboxylic acids is 3. The Labute approximate surface area is 151 Å². The van der Waals surface area contributed by atoms with Crippen molar-refractivity contribution in [2.45, 2.75) is 32.7 Å². The summed E-state index contributed by atoms with van der Waals surface area (Å²) >= 11 is 0. The lowest BCUT2D eigenvalue weighted by atomic mass is 10.0. The van der Waals surface area contributed by atoms with Gasteiger partial charge in [-0.15, -0.1) is 0 Å². The van der Waals surface area contributed by atoms with Crippen LogP contribution in [0.4, 0.5) is 10.5 Å². The first-order valence-electron chi connectivity index (χ1n) is 8.75. The van der Waals surface area contributed by atoms with E-state index in [2.05, 4.69) is 10.6 Å². The van der Waals surface area contributed by atoms with Gasteiger partial charge in [-0.05, 0) is 24.5 Å². The number of carbonyl (C=O) groups is 3. The Morgan fingerprint density at radius 2 is 2.00 bits per heavy atom. The maximum absolute atomic E-state index is 12.3. The van der Waals surface area contributed by atoms with Gasteiger partial charge in [0.2, 0.25) is 5.91 Å². The molecule has 2 aliphatic rings. The molecule has 140 valence electrons. The Hall–Kier alpha value is -2.77. The number of fused-ring (bicyclic) bond motifs is 1. The number of benzene rings is 1. The molecule has 2 heterocycles. The van der Waals surface area contributed by atoms with E-state index >= 15 is 0 Å². The molecule has 0 aliphatic carbocycles. The molecular weight excluding hydrogens is 338 g/mol. The maximum atomic E-state index is 12.3. The Morgan fingerprint density at radius 1 is 1.27 bits per heavy atom. The number of imide groups is 1. The van der Waals surface area contributed by atoms with Gasteiger partial charge in [0.05, 0.1) is 13.2 Å². The van der Waals surface area contributed by atoms with Crippen molar-refractivity contribution < 1.29 is 23.9 Å². The van der Waals surface area contributed by atoms with Crippen LogP contribution in [0.25, 0.3) is 0 Å². The summed E-state index contributed by atoms with van der Waals surface area (Å²) in [5, 5.41) is 5.31. The third-order valence-electron chi connectivity index (χ3n) is 4.15. The van der Waals surface area contributed by atoms with Gasteiger partial charge in [0.15, 0.2) is 11.5 Å². The highest BCUT2D eigenvalue weighted by Crippen LogP contribution is 2.32. The minimum absolute atomic E-state index is 0.264. The van der Waals surface area contributed by atoms with Gasteiger partial charge in [-0.3, -0.25) is 14.5 Å². The molecule has 1 aromatic carbocycles. The summed E-state index contributed by atoms with van der Waals surface area (Å²) in [4.78, 5) is 37.5. The molecule has 0 unspecified atom stereocenters. The van der Waals surface area contributed by atoms with Crippen molar-refractivity contribution in [1.29, 1.82) is 0 Å². The van der Waals surface area contributed by atoms with Crippen LogP contribution < -0.4 is 20.1 Å². The van der Waals surface area contributed by atoms with Crippen molar-refractivity contribution in [3.63, 3.8) is 0 Å². The SMILES string of the molecule is CC(C)C[C@@H]1NC(=O)N(CC(=O)Nc2ccc3c(c2)OCCCO3)C1=O. The summed E-state index contributed by atoms with van der Waals surface area (Å²) in [5.41, 5.74) is 0.519. The molecule has 0 bridgehead atoms. The Bertz CT molecular complexity index is 719. The van der Waals surface area contributed by atoms with Crippen LogP contribution in [0, 0.1) is 5.92 Å². The Morgan fingerprint density at radius 3 is 2.73 bits per heavy atom. The number of nitrogens with one attached hydrogen (secondary N) is 2. The molecule has 0 aromatic heterocycles. The zero-order valence-corrected chi connectivity index (χ0v) is 14.9. The molecule has 4 amide bonds. The number of hydrogen-bond donors (Lipinski definition) is 2. The molecule has 26 heavy (non-hydrogen) atoms. The van der Waals surface area contributed by atoms with Crippen molar-refractivity contribution in [3.05, 3.63) is 18.2 Å². The summed E-state index contributed by atoms with van der Waals surface area (Å²) in [7, 11) is 0. The molecule has 1 aromatic rings. The first-order valence-corrected chi connectivity index (χ1v) is 8.75. The van der Waals surface area contributed by atoms with Crippen molar-refractivity contribution in [2.75, 3.05) is 25.1 Å². The highest BCUT2D eigenvalue weighted by molar-refractivity contribution is 6.07. The van der Waals surface area contributed by atoms with Gasteiger partial charge < -0.3 is 20.1 Å². The zero-order chi connectivity index (χ0) is 18.7. The van der Waals surface area contributed by atoms with E-state index in [9.17, 15) is 14.4 Å². The number of anilines is 1. The topological polar surface area (TPSA) is 97.0 Å². The van der Waals surface area contributed by atoms with E-state index in [4.69, 9.17) is 9.47 Å². The number of ether oxygens (including phenoxy) is 2. The highest BCUT2D eigenvalue weighted by atomic mass is 16.5. The molecule has 2 aliphatic heterocycles. The largest absolute Gasteiger partial charge is 0.490 e. The average Bonchev–Trinajstić information content (AvgIpc) is 2.77. The Balaban J connectivity index is 1.61. The van der Waals surface area contributed by atoms with Gasteiger partial charge in [-0.1, -0.05) is 13.8 Å². The van der Waals surface area contributed by atoms with E-state index in [1.54, 1.807) is 18.2 Å². The lowest BCUT2D eigenvalue weighted by molar-refractivity contribution is -0.131. The predicted molar refractivity (Wildman–Crippen MR) is 94.2 cm³/mol. The van der Waals surface area contributed by atoms with Gasteiger partial charge in [-0.2, -0.15) is 0 Å². The minimum Gasteiger partial charge on any atom is -0.490 e. The lowest BCUT2D eigenvalue weighted by Crippen LogP contribution is -2.38. The van der Waals surface area contributed by atoms with Gasteiger partial charge in [-0.25, -0.2) is 4.79 Å². The normalized spacial score (nSPS) is 19.3. The smallest absolute Gasteiger partial charge is 0.325 e. The molecule has 2 N–H and O–H groups in total. The van der Waals surface area contributed by atoms with E-state index in [-0.39, 0.29) is 18.4 Å². The van der Waals surface area contributed by atoms with Gasteiger partial charge in [0, 0.05) is 18.2 Å². The van der Waals surface area contributed by atoms with Crippen LogP contribution >= 0.6 is 0 Å². The fourth-order valence-corrected chi connectivity index (χ4v) is 2.94. The number of rotatable bonds is 5. The molecule has 8 heteroatoms. The van der Waals surface area contributed by atoms with Gasteiger partial charge in [0.25, 0.3) is 5.91 Å². The zero-order valence-electron chi connectivity index (χ0n) is 14.9. The molecule has 0 spiro atoms. The maximum Gasteiger partial charge on any atom is 0.325 e. The summed E-state index contributed by atoms with van der Waals surface area (Å²) in [5.74, 6) is 0.643. The minimum atomic E-state index is -0.562. The predicted octanol–water partition coefficient (Wildman–Crippen LogP) is 1.75. The van der Waals surface area contributed by atoms with Crippen molar-refractivity contribution >= 4 is 23.5 Å². The molecule has 8 nitrogen and oxygen atoms in total. The summed E-state index contributed by atoms with van der Waals surface area (Å²) in [6, 6.07) is 4.00. The molecular formula is C18H23N3O5. The first kappa shape index (κ1) is 18.0. The fraction of sp³-hybridized carbons (Fsp3) is 0.500. The lowest BCUT2D eigenvalue weighted by Gasteiger charge is -2.14. The highest BCUT2D eigenvalue weighted by Gasteiger charge is 2.39. The van der Waals surface area contributed by atoms with E-state index in [1.165, 1.54) is 0 Å². The number of hydrogen-bond acceptors (Lipinski definition) is 5. The third kappa shape index (κ3) is 4.07. The molecule has 0 radical (unpaired) electrons. The van der Waals surface area contributed by atoms with Crippen LogP contribution in [0.2, 0.25) is 0 Å². The molecule has 1 atom stereocenters. The monoisotopic (exact) mass is 361 g/mol. The van der Waals surface area contributed by atoms with Crippen LogP contribution in [0.5, 0.6) is 11.5 Å². The van der Waals surface area contributed by atoms with Crippen LogP contribution in [0.1, 0.15) is 26.7 Å². The second-order valence-electron chi connectivity index (χ2n) is 6.82. The third-order valence-corrected chi connectivity index (χ3v) is 4.15. The van der Waals surface area contributed by atoms with Crippen molar-refractivity contribution in [2.24, 2.45) is 5.92 Å². The Kier molecular flexibility index (Phi) is 5.29. The molecule has 3 rings (SSSR count). The summed E-state index contributed by atoms with van der Waals surface area (Å²) in [6.45, 7) is 4.75. The fourth-order valence-electron chi connectivity index (χ4n) is 2.94. The molecule has 1 fully saturated rings. The van der Waals surface area contributed by atoms with E-state index in [0.29, 0.717) is 36.8 Å². The van der Waals surface area contributed by atoms with Crippen molar-refractivity contribution in [1.82, 2.24) is 10.2 Å². The quantitative estimate of drug-likeness (QED) is 0.779. The first-order chi connectivity index (χ1) is 12.4. The van der Waals surface area contributed by atoms with E-state index < -0.39 is 18.0 Å². The van der Waals surface area contributed by atoms with Gasteiger partial charge in [0.1, 0.15) is 12.6 Å². The van der Waals surface area contributed by atoms with E-state index in [1.807, 2.05) is 13.8 Å². The van der Waals surface area contributed by atoms with Crippen molar-refractivity contribution in [3.8, 4) is 11.5 Å². The van der Waals surface area contributed by atoms with E-state index in [0.717, 1.165) is 11.3 Å². The van der Waals surface area contributed by atoms with Gasteiger partial charge >= 0.3 is 6.03 Å². The number of nitrogens with zero attached hydrogens (tertiary/aromatic N) is 1. The van der Waals surface area contributed by atoms with Crippen LogP contribution in [0.15, 0.2) is 18.2 Å². The average molecular weight is 361 g/mol. The van der Waals surface area contributed by atoms with Crippen LogP contribution in [0.3, 0.4) is 0 Å². The van der Waals surface area contributed by atoms with Crippen LogP contribution in [-0.4, -0.2) is 48.5 Å². The number of urea groups is 1.